The Bertz CT molecular complexity index is 716. The number of thioether (sulfide) groups is 1. The van der Waals surface area contributed by atoms with Crippen molar-refractivity contribution in [2.24, 2.45) is 22.2 Å². The maximum absolute atomic E-state index is 12.8. The lowest BCUT2D eigenvalue weighted by atomic mass is 10.1. The summed E-state index contributed by atoms with van der Waals surface area (Å²) in [6, 6.07) is -3.26. The minimum atomic E-state index is -1.26. The van der Waals surface area contributed by atoms with Crippen molar-refractivity contribution in [3.05, 3.63) is 0 Å². The Morgan fingerprint density at radius 2 is 1.52 bits per heavy atom. The van der Waals surface area contributed by atoms with Crippen molar-refractivity contribution in [1.82, 2.24) is 16.0 Å². The van der Waals surface area contributed by atoms with E-state index < -0.39 is 54.3 Å². The molecule has 0 radical (unpaired) electrons. The molecule has 0 aliphatic carbocycles. The smallest absolute Gasteiger partial charge is 0.322 e. The van der Waals surface area contributed by atoms with Gasteiger partial charge in [0, 0.05) is 13.0 Å². The van der Waals surface area contributed by atoms with Gasteiger partial charge in [0.15, 0.2) is 5.96 Å². The van der Waals surface area contributed by atoms with Gasteiger partial charge in [0.25, 0.3) is 0 Å². The molecule has 0 saturated carbocycles. The van der Waals surface area contributed by atoms with E-state index in [1.54, 1.807) is 6.26 Å². The molecule has 0 rings (SSSR count). The summed E-state index contributed by atoms with van der Waals surface area (Å²) in [5, 5.41) is 24.7. The van der Waals surface area contributed by atoms with E-state index in [9.17, 15) is 24.0 Å². The number of carboxylic acids is 2. The number of hydrogen-bond donors (Lipinski definition) is 8. The van der Waals surface area contributed by atoms with Gasteiger partial charge in [-0.05, 0) is 37.7 Å². The first-order valence-corrected chi connectivity index (χ1v) is 11.5. The number of carbonyl (C=O) groups excluding carboxylic acids is 3. The summed E-state index contributed by atoms with van der Waals surface area (Å²) in [6.45, 7) is -0.448. The standard InChI is InChI=1S/C18H33N7O7S/c1-33-8-6-12(24-15(30)10(19)4-5-13(26)27)17(32)25-11(3-2-7-22-18(20)21)16(31)23-9-14(28)29/h10-12H,2-9,19H2,1H3,(H,23,31)(H,24,30)(H,25,32)(H,26,27)(H,28,29)(H4,20,21,22). The molecule has 3 atom stereocenters. The Hall–Kier alpha value is -3.07. The highest BCUT2D eigenvalue weighted by atomic mass is 32.2. The molecule has 0 heterocycles. The van der Waals surface area contributed by atoms with Gasteiger partial charge in [0.1, 0.15) is 18.6 Å². The highest BCUT2D eigenvalue weighted by Crippen LogP contribution is 2.05. The number of carboxylic acid groups (broad SMARTS) is 2. The van der Waals surface area contributed by atoms with Crippen LogP contribution >= 0.6 is 11.8 Å². The summed E-state index contributed by atoms with van der Waals surface area (Å²) in [6.07, 6.45) is 2.03. The minimum absolute atomic E-state index is 0.106. The SMILES string of the molecule is CSCCC(NC(=O)C(N)CCC(=O)O)C(=O)NC(CCCN=C(N)N)C(=O)NCC(=O)O. The molecule has 0 aliphatic rings. The fourth-order valence-electron chi connectivity index (χ4n) is 2.52. The van der Waals surface area contributed by atoms with Gasteiger partial charge < -0.3 is 43.4 Å². The number of guanidine groups is 1. The molecular formula is C18H33N7O7S. The van der Waals surface area contributed by atoms with Gasteiger partial charge in [0.05, 0.1) is 6.04 Å². The zero-order valence-electron chi connectivity index (χ0n) is 18.4. The van der Waals surface area contributed by atoms with E-state index in [4.69, 9.17) is 27.4 Å². The lowest BCUT2D eigenvalue weighted by molar-refractivity contribution is -0.139. The van der Waals surface area contributed by atoms with Gasteiger partial charge in [-0.25, -0.2) is 0 Å². The van der Waals surface area contributed by atoms with Crippen molar-refractivity contribution in [1.29, 1.82) is 0 Å². The highest BCUT2D eigenvalue weighted by Gasteiger charge is 2.28. The summed E-state index contributed by atoms with van der Waals surface area (Å²) in [5.41, 5.74) is 16.2. The first-order valence-electron chi connectivity index (χ1n) is 10.1. The number of hydrogen-bond acceptors (Lipinski definition) is 8. The van der Waals surface area contributed by atoms with E-state index in [1.165, 1.54) is 11.8 Å². The predicted molar refractivity (Wildman–Crippen MR) is 122 cm³/mol. The fourth-order valence-corrected chi connectivity index (χ4v) is 3.00. The zero-order chi connectivity index (χ0) is 25.4. The van der Waals surface area contributed by atoms with Crippen molar-refractivity contribution >= 4 is 47.4 Å². The molecule has 0 aromatic carbocycles. The Kier molecular flexibility index (Phi) is 15.0. The van der Waals surface area contributed by atoms with E-state index in [1.807, 2.05) is 0 Å². The number of aliphatic carboxylic acids is 2. The van der Waals surface area contributed by atoms with E-state index in [2.05, 4.69) is 20.9 Å². The lowest BCUT2D eigenvalue weighted by Crippen LogP contribution is -2.56. The monoisotopic (exact) mass is 491 g/mol. The molecule has 0 bridgehead atoms. The number of amides is 3. The van der Waals surface area contributed by atoms with Gasteiger partial charge in [-0.2, -0.15) is 11.8 Å². The average Bonchev–Trinajstić information content (AvgIpc) is 2.74. The van der Waals surface area contributed by atoms with Crippen molar-refractivity contribution < 1.29 is 34.2 Å². The Labute approximate surface area is 195 Å². The van der Waals surface area contributed by atoms with Crippen LogP contribution in [0.4, 0.5) is 0 Å². The fraction of sp³-hybridized carbons (Fsp3) is 0.667. The van der Waals surface area contributed by atoms with E-state index >= 15 is 0 Å². The number of rotatable bonds is 17. The largest absolute Gasteiger partial charge is 0.481 e. The molecule has 33 heavy (non-hydrogen) atoms. The third-order valence-electron chi connectivity index (χ3n) is 4.24. The molecule has 14 nitrogen and oxygen atoms in total. The first kappa shape index (κ1) is 29.9. The predicted octanol–water partition coefficient (Wildman–Crippen LogP) is -2.84. The quantitative estimate of drug-likeness (QED) is 0.0584. The second kappa shape index (κ2) is 16.5. The molecule has 15 heteroatoms. The number of nitrogens with zero attached hydrogens (tertiary/aromatic N) is 1. The molecule has 3 amide bonds. The van der Waals surface area contributed by atoms with Crippen LogP contribution in [0.25, 0.3) is 0 Å². The van der Waals surface area contributed by atoms with Gasteiger partial charge >= 0.3 is 11.9 Å². The summed E-state index contributed by atoms with van der Waals surface area (Å²) >= 11 is 1.43. The van der Waals surface area contributed by atoms with Crippen molar-refractivity contribution in [2.75, 3.05) is 25.1 Å². The third-order valence-corrected chi connectivity index (χ3v) is 4.89. The van der Waals surface area contributed by atoms with Crippen LogP contribution in [-0.4, -0.2) is 89.1 Å². The summed E-state index contributed by atoms with van der Waals surface area (Å²) in [5.74, 6) is -4.07. The van der Waals surface area contributed by atoms with Crippen LogP contribution in [0, 0.1) is 0 Å². The molecule has 3 unspecified atom stereocenters. The Morgan fingerprint density at radius 1 is 0.909 bits per heavy atom. The first-order chi connectivity index (χ1) is 15.5. The second-order valence-electron chi connectivity index (χ2n) is 7.00. The Balaban J connectivity index is 5.26. The molecule has 188 valence electrons. The molecule has 0 saturated heterocycles. The minimum Gasteiger partial charge on any atom is -0.481 e. The molecule has 0 aromatic heterocycles. The molecule has 0 aliphatic heterocycles. The lowest BCUT2D eigenvalue weighted by Gasteiger charge is -2.24. The van der Waals surface area contributed by atoms with Crippen molar-refractivity contribution in [3.8, 4) is 0 Å². The van der Waals surface area contributed by atoms with E-state index in [0.717, 1.165) is 0 Å². The van der Waals surface area contributed by atoms with Crippen LogP contribution in [-0.2, 0) is 24.0 Å². The van der Waals surface area contributed by atoms with Crippen LogP contribution < -0.4 is 33.2 Å². The number of nitrogens with one attached hydrogen (secondary N) is 3. The van der Waals surface area contributed by atoms with Gasteiger partial charge in [-0.15, -0.1) is 0 Å². The van der Waals surface area contributed by atoms with Crippen molar-refractivity contribution in [3.63, 3.8) is 0 Å². The third kappa shape index (κ3) is 14.6. The average molecular weight is 492 g/mol. The van der Waals surface area contributed by atoms with Crippen molar-refractivity contribution in [2.45, 2.75) is 50.2 Å². The molecular weight excluding hydrogens is 458 g/mol. The van der Waals surface area contributed by atoms with Crippen LogP contribution in [0.1, 0.15) is 32.1 Å². The zero-order valence-corrected chi connectivity index (χ0v) is 19.2. The maximum atomic E-state index is 12.8. The van der Waals surface area contributed by atoms with Gasteiger partial charge in [-0.1, -0.05) is 0 Å². The second-order valence-corrected chi connectivity index (χ2v) is 7.99. The molecule has 0 aromatic rings. The number of aliphatic imine (C=N–C) groups is 1. The summed E-state index contributed by atoms with van der Waals surface area (Å²) in [7, 11) is 0. The number of carbonyl (C=O) groups is 5. The maximum Gasteiger partial charge on any atom is 0.322 e. The number of nitrogens with two attached hydrogens (primary N) is 3. The normalized spacial score (nSPS) is 13.2. The highest BCUT2D eigenvalue weighted by molar-refractivity contribution is 7.98. The summed E-state index contributed by atoms with van der Waals surface area (Å²) < 4.78 is 0. The van der Waals surface area contributed by atoms with Crippen LogP contribution in [0.2, 0.25) is 0 Å². The topological polar surface area (TPSA) is 252 Å². The van der Waals surface area contributed by atoms with E-state index in [0.29, 0.717) is 12.2 Å². The van der Waals surface area contributed by atoms with E-state index in [-0.39, 0.29) is 38.2 Å². The van der Waals surface area contributed by atoms with Crippen LogP contribution in [0.5, 0.6) is 0 Å². The molecule has 11 N–H and O–H groups in total. The summed E-state index contributed by atoms with van der Waals surface area (Å²) in [4.78, 5) is 62.7. The van der Waals surface area contributed by atoms with Crippen LogP contribution in [0.15, 0.2) is 4.99 Å². The molecule has 0 spiro atoms. The van der Waals surface area contributed by atoms with Gasteiger partial charge in [-0.3, -0.25) is 29.0 Å². The van der Waals surface area contributed by atoms with Crippen LogP contribution in [0.3, 0.4) is 0 Å². The molecule has 0 fully saturated rings. The Morgan fingerprint density at radius 3 is 2.06 bits per heavy atom. The van der Waals surface area contributed by atoms with Gasteiger partial charge in [0.2, 0.25) is 17.7 Å².